The Hall–Kier alpha value is -3.51. The van der Waals surface area contributed by atoms with Crippen molar-refractivity contribution in [3.05, 3.63) is 35.9 Å². The lowest BCUT2D eigenvalue weighted by Gasteiger charge is -2.23. The molecule has 0 aliphatic rings. The van der Waals surface area contributed by atoms with Gasteiger partial charge in [-0.05, 0) is 31.9 Å². The van der Waals surface area contributed by atoms with Crippen LogP contribution in [-0.2, 0) is 30.4 Å². The molecule has 0 aliphatic heterocycles. The highest BCUT2D eigenvalue weighted by Crippen LogP contribution is 2.06. The molecular weight excluding hydrogens is 446 g/mol. The van der Waals surface area contributed by atoms with Gasteiger partial charge in [0.1, 0.15) is 18.1 Å². The second-order valence-corrected chi connectivity index (χ2v) is 7.87. The second-order valence-electron chi connectivity index (χ2n) is 7.87. The summed E-state index contributed by atoms with van der Waals surface area (Å²) in [7, 11) is 0. The third-order valence-electron chi connectivity index (χ3n) is 4.97. The Balaban J connectivity index is 2.88. The van der Waals surface area contributed by atoms with E-state index in [1.807, 2.05) is 0 Å². The number of carbonyl (C=O) groups is 5. The molecule has 0 aromatic heterocycles. The number of nitrogens with two attached hydrogens (primary N) is 2. The summed E-state index contributed by atoms with van der Waals surface area (Å²) in [5, 5.41) is 25.2. The summed E-state index contributed by atoms with van der Waals surface area (Å²) >= 11 is 0. The molecule has 12 heteroatoms. The number of benzene rings is 1. The minimum atomic E-state index is -1.68. The van der Waals surface area contributed by atoms with Gasteiger partial charge < -0.3 is 37.6 Å². The van der Waals surface area contributed by atoms with Crippen molar-refractivity contribution in [2.45, 2.75) is 63.2 Å². The van der Waals surface area contributed by atoms with E-state index in [9.17, 15) is 29.1 Å². The van der Waals surface area contributed by atoms with Crippen molar-refractivity contribution in [2.75, 3.05) is 6.54 Å². The number of carboxylic acid groups (broad SMARTS) is 2. The van der Waals surface area contributed by atoms with Crippen molar-refractivity contribution in [1.29, 1.82) is 0 Å². The van der Waals surface area contributed by atoms with Gasteiger partial charge in [0.2, 0.25) is 17.7 Å². The van der Waals surface area contributed by atoms with Crippen LogP contribution in [0, 0.1) is 0 Å². The van der Waals surface area contributed by atoms with Crippen LogP contribution >= 0.6 is 0 Å². The monoisotopic (exact) mass is 479 g/mol. The lowest BCUT2D eigenvalue weighted by Crippen LogP contribution is -2.57. The van der Waals surface area contributed by atoms with E-state index in [0.29, 0.717) is 31.4 Å². The molecule has 1 aromatic carbocycles. The van der Waals surface area contributed by atoms with Crippen molar-refractivity contribution in [3.8, 4) is 0 Å². The SMILES string of the molecule is C[C@@H](NC(=O)[C@H](N)CCCCN)C(=O)N[C@@H](Cc1ccccc1)C(=O)N[C@@H](CC(=O)O)C(=O)O. The fourth-order valence-corrected chi connectivity index (χ4v) is 3.03. The zero-order valence-corrected chi connectivity index (χ0v) is 19.0. The molecule has 9 N–H and O–H groups in total. The Morgan fingerprint density at radius 1 is 0.882 bits per heavy atom. The van der Waals surface area contributed by atoms with Crippen LogP contribution in [0.2, 0.25) is 0 Å². The highest BCUT2D eigenvalue weighted by Gasteiger charge is 2.30. The molecule has 34 heavy (non-hydrogen) atoms. The summed E-state index contributed by atoms with van der Waals surface area (Å²) in [6.45, 7) is 1.90. The average Bonchev–Trinajstić information content (AvgIpc) is 2.78. The zero-order valence-electron chi connectivity index (χ0n) is 19.0. The minimum Gasteiger partial charge on any atom is -0.481 e. The van der Waals surface area contributed by atoms with E-state index in [-0.39, 0.29) is 6.42 Å². The van der Waals surface area contributed by atoms with Gasteiger partial charge in [-0.3, -0.25) is 19.2 Å². The molecule has 0 aliphatic carbocycles. The normalized spacial score (nSPS) is 14.2. The van der Waals surface area contributed by atoms with Crippen molar-refractivity contribution < 1.29 is 34.2 Å². The third-order valence-corrected chi connectivity index (χ3v) is 4.97. The third kappa shape index (κ3) is 10.4. The van der Waals surface area contributed by atoms with Crippen LogP contribution in [-0.4, -0.2) is 70.6 Å². The Labute approximate surface area is 197 Å². The first kappa shape index (κ1) is 28.5. The quantitative estimate of drug-likeness (QED) is 0.149. The molecule has 1 rings (SSSR count). The van der Waals surface area contributed by atoms with Crippen LogP contribution in [0.1, 0.15) is 38.2 Å². The summed E-state index contributed by atoms with van der Waals surface area (Å²) in [6, 6.07) is 3.89. The first-order valence-corrected chi connectivity index (χ1v) is 10.9. The molecule has 0 fully saturated rings. The Morgan fingerprint density at radius 3 is 2.06 bits per heavy atom. The molecule has 3 amide bonds. The van der Waals surface area contributed by atoms with E-state index >= 15 is 0 Å². The molecule has 0 radical (unpaired) electrons. The van der Waals surface area contributed by atoms with E-state index in [1.54, 1.807) is 30.3 Å². The topological polar surface area (TPSA) is 214 Å². The molecule has 0 spiro atoms. The van der Waals surface area contributed by atoms with Crippen molar-refractivity contribution in [1.82, 2.24) is 16.0 Å². The van der Waals surface area contributed by atoms with Crippen molar-refractivity contribution >= 4 is 29.7 Å². The maximum atomic E-state index is 12.8. The number of hydrogen-bond donors (Lipinski definition) is 7. The van der Waals surface area contributed by atoms with E-state index in [1.165, 1.54) is 6.92 Å². The fraction of sp³-hybridized carbons (Fsp3) is 0.500. The predicted molar refractivity (Wildman–Crippen MR) is 122 cm³/mol. The summed E-state index contributed by atoms with van der Waals surface area (Å²) in [4.78, 5) is 60.0. The van der Waals surface area contributed by atoms with Gasteiger partial charge in [-0.1, -0.05) is 36.8 Å². The van der Waals surface area contributed by atoms with Gasteiger partial charge in [0, 0.05) is 6.42 Å². The molecule has 0 unspecified atom stereocenters. The molecule has 0 bridgehead atoms. The van der Waals surface area contributed by atoms with Gasteiger partial charge in [0.05, 0.1) is 12.5 Å². The van der Waals surface area contributed by atoms with E-state index in [2.05, 4.69) is 16.0 Å². The summed E-state index contributed by atoms with van der Waals surface area (Å²) in [6.07, 6.45) is 0.952. The predicted octanol–water partition coefficient (Wildman–Crippen LogP) is -1.28. The van der Waals surface area contributed by atoms with Gasteiger partial charge >= 0.3 is 11.9 Å². The van der Waals surface area contributed by atoms with Gasteiger partial charge in [0.25, 0.3) is 0 Å². The zero-order chi connectivity index (χ0) is 25.7. The average molecular weight is 480 g/mol. The van der Waals surface area contributed by atoms with Gasteiger partial charge in [-0.15, -0.1) is 0 Å². The molecule has 12 nitrogen and oxygen atoms in total. The van der Waals surface area contributed by atoms with Gasteiger partial charge in [0.15, 0.2) is 0 Å². The van der Waals surface area contributed by atoms with Crippen LogP contribution in [0.25, 0.3) is 0 Å². The number of carbonyl (C=O) groups excluding carboxylic acids is 3. The number of hydrogen-bond acceptors (Lipinski definition) is 7. The number of aliphatic carboxylic acids is 2. The van der Waals surface area contributed by atoms with Crippen LogP contribution < -0.4 is 27.4 Å². The van der Waals surface area contributed by atoms with Crippen LogP contribution in [0.15, 0.2) is 30.3 Å². The van der Waals surface area contributed by atoms with E-state index in [4.69, 9.17) is 16.6 Å². The number of amides is 3. The maximum absolute atomic E-state index is 12.8. The van der Waals surface area contributed by atoms with E-state index in [0.717, 1.165) is 0 Å². The maximum Gasteiger partial charge on any atom is 0.326 e. The molecule has 0 saturated heterocycles. The number of nitrogens with one attached hydrogen (secondary N) is 3. The minimum absolute atomic E-state index is 0.0110. The molecule has 188 valence electrons. The van der Waals surface area contributed by atoms with Crippen molar-refractivity contribution in [2.24, 2.45) is 11.5 Å². The number of rotatable bonds is 15. The first-order valence-electron chi connectivity index (χ1n) is 10.9. The van der Waals surface area contributed by atoms with Gasteiger partial charge in [-0.25, -0.2) is 4.79 Å². The summed E-state index contributed by atoms with van der Waals surface area (Å²) < 4.78 is 0. The highest BCUT2D eigenvalue weighted by molar-refractivity contribution is 5.94. The number of carboxylic acids is 2. The lowest BCUT2D eigenvalue weighted by molar-refractivity contribution is -0.147. The van der Waals surface area contributed by atoms with Gasteiger partial charge in [-0.2, -0.15) is 0 Å². The van der Waals surface area contributed by atoms with Crippen molar-refractivity contribution in [3.63, 3.8) is 0 Å². The Morgan fingerprint density at radius 2 is 1.50 bits per heavy atom. The van der Waals surface area contributed by atoms with E-state index < -0.39 is 60.2 Å². The summed E-state index contributed by atoms with van der Waals surface area (Å²) in [5.41, 5.74) is 11.9. The first-order chi connectivity index (χ1) is 16.0. The molecule has 0 saturated carbocycles. The fourth-order valence-electron chi connectivity index (χ4n) is 3.03. The molecule has 4 atom stereocenters. The highest BCUT2D eigenvalue weighted by atomic mass is 16.4. The van der Waals surface area contributed by atoms with Crippen LogP contribution in [0.5, 0.6) is 0 Å². The molecule has 1 aromatic rings. The second kappa shape index (κ2) is 14.6. The number of unbranched alkanes of at least 4 members (excludes halogenated alkanes) is 1. The standard InChI is InChI=1S/C22H33N5O7/c1-13(25-20(31)15(24)9-5-6-10-23)19(30)26-16(11-14-7-3-2-4-8-14)21(32)27-17(22(33)34)12-18(28)29/h2-4,7-8,13,15-17H,5-6,9-12,23-24H2,1H3,(H,25,31)(H,26,30)(H,27,32)(H,28,29)(H,33,34)/t13-,15-,16+,17+/m1/s1. The smallest absolute Gasteiger partial charge is 0.326 e. The Bertz CT molecular complexity index is 849. The lowest BCUT2D eigenvalue weighted by atomic mass is 10.0. The largest absolute Gasteiger partial charge is 0.481 e. The van der Waals surface area contributed by atoms with Crippen LogP contribution in [0.4, 0.5) is 0 Å². The summed E-state index contributed by atoms with van der Waals surface area (Å²) in [5.74, 6) is -5.03. The Kier molecular flexibility index (Phi) is 12.2. The molecular formula is C22H33N5O7. The van der Waals surface area contributed by atoms with Crippen LogP contribution in [0.3, 0.4) is 0 Å². The molecule has 0 heterocycles.